The Morgan fingerprint density at radius 1 is 1.22 bits per heavy atom. The molecule has 0 spiro atoms. The number of halogens is 2. The molecule has 0 saturated heterocycles. The quantitative estimate of drug-likeness (QED) is 0.676. The van der Waals surface area contributed by atoms with Crippen molar-refractivity contribution in [2.24, 2.45) is 0 Å². The highest BCUT2D eigenvalue weighted by molar-refractivity contribution is 9.10. The first-order valence-corrected chi connectivity index (χ1v) is 7.87. The van der Waals surface area contributed by atoms with Gasteiger partial charge in [-0.3, -0.25) is 4.79 Å². The molecular weight excluding hydrogens is 384 g/mol. The Hall–Kier alpha value is -2.05. The zero-order valence-corrected chi connectivity index (χ0v) is 14.3. The molecule has 0 heterocycles. The summed E-state index contributed by atoms with van der Waals surface area (Å²) in [7, 11) is 0. The number of amides is 1. The van der Waals surface area contributed by atoms with Crippen molar-refractivity contribution in [3.63, 3.8) is 0 Å². The summed E-state index contributed by atoms with van der Waals surface area (Å²) in [5.74, 6) is -1.66. The number of rotatable bonds is 5. The number of carboxylic acids is 1. The monoisotopic (exact) mass is 396 g/mol. The van der Waals surface area contributed by atoms with Crippen molar-refractivity contribution < 1.29 is 14.7 Å². The average Bonchev–Trinajstić information content (AvgIpc) is 2.51. The molecule has 4 N–H and O–H groups in total. The standard InChI is InChI=1S/C16H14BrClN2O3/c17-10-3-6-13(19)12(8-10)15(21)20-14(16(22)23)7-9-1-4-11(18)5-2-9/h1-6,8,14H,7,19H2,(H,20,21)(H,22,23)/t14-/m0/s1. The molecule has 7 heteroatoms. The second-order valence-corrected chi connectivity index (χ2v) is 6.28. The molecule has 0 fully saturated rings. The highest BCUT2D eigenvalue weighted by Gasteiger charge is 2.22. The van der Waals surface area contributed by atoms with E-state index in [4.69, 9.17) is 17.3 Å². The Labute approximate surface area is 146 Å². The van der Waals surface area contributed by atoms with Crippen LogP contribution in [-0.4, -0.2) is 23.0 Å². The number of carbonyl (C=O) groups excluding carboxylic acids is 1. The Morgan fingerprint density at radius 2 is 1.87 bits per heavy atom. The van der Waals surface area contributed by atoms with E-state index in [1.165, 1.54) is 0 Å². The van der Waals surface area contributed by atoms with Crippen molar-refractivity contribution >= 4 is 45.1 Å². The molecule has 0 unspecified atom stereocenters. The average molecular weight is 398 g/mol. The molecule has 120 valence electrons. The van der Waals surface area contributed by atoms with Gasteiger partial charge < -0.3 is 16.2 Å². The van der Waals surface area contributed by atoms with Gasteiger partial charge in [0.2, 0.25) is 0 Å². The van der Waals surface area contributed by atoms with Gasteiger partial charge in [0.25, 0.3) is 5.91 Å². The normalized spacial score (nSPS) is 11.7. The molecule has 0 aliphatic carbocycles. The lowest BCUT2D eigenvalue weighted by atomic mass is 10.1. The zero-order valence-electron chi connectivity index (χ0n) is 11.9. The van der Waals surface area contributed by atoms with Crippen LogP contribution in [0.5, 0.6) is 0 Å². The fourth-order valence-corrected chi connectivity index (χ4v) is 2.50. The predicted octanol–water partition coefficient (Wildman–Crippen LogP) is 3.11. The summed E-state index contributed by atoms with van der Waals surface area (Å²) in [4.78, 5) is 23.7. The van der Waals surface area contributed by atoms with Crippen LogP contribution in [0.15, 0.2) is 46.9 Å². The van der Waals surface area contributed by atoms with Gasteiger partial charge in [-0.05, 0) is 35.9 Å². The number of hydrogen-bond acceptors (Lipinski definition) is 3. The first kappa shape index (κ1) is 17.3. The van der Waals surface area contributed by atoms with Gasteiger partial charge in [-0.1, -0.05) is 39.7 Å². The fourth-order valence-electron chi connectivity index (χ4n) is 2.02. The van der Waals surface area contributed by atoms with Crippen molar-refractivity contribution in [3.8, 4) is 0 Å². The Kier molecular flexibility index (Phi) is 5.63. The van der Waals surface area contributed by atoms with Crippen molar-refractivity contribution in [1.82, 2.24) is 5.32 Å². The molecule has 2 aromatic rings. The van der Waals surface area contributed by atoms with Crippen LogP contribution in [0.25, 0.3) is 0 Å². The number of nitrogens with one attached hydrogen (secondary N) is 1. The maximum atomic E-state index is 12.3. The Bertz CT molecular complexity index is 735. The predicted molar refractivity (Wildman–Crippen MR) is 92.6 cm³/mol. The minimum atomic E-state index is -1.12. The number of carboxylic acid groups (broad SMARTS) is 1. The zero-order chi connectivity index (χ0) is 17.0. The number of hydrogen-bond donors (Lipinski definition) is 3. The number of nitrogen functional groups attached to an aromatic ring is 1. The van der Waals surface area contributed by atoms with Gasteiger partial charge in [0.15, 0.2) is 0 Å². The minimum Gasteiger partial charge on any atom is -0.480 e. The van der Waals surface area contributed by atoms with Crippen LogP contribution < -0.4 is 11.1 Å². The van der Waals surface area contributed by atoms with E-state index in [1.807, 2.05) is 0 Å². The van der Waals surface area contributed by atoms with Gasteiger partial charge >= 0.3 is 5.97 Å². The molecule has 0 aliphatic heterocycles. The van der Waals surface area contributed by atoms with Gasteiger partial charge in [-0.2, -0.15) is 0 Å². The molecule has 23 heavy (non-hydrogen) atoms. The smallest absolute Gasteiger partial charge is 0.326 e. The third-order valence-electron chi connectivity index (χ3n) is 3.22. The number of anilines is 1. The maximum absolute atomic E-state index is 12.3. The van der Waals surface area contributed by atoms with Crippen LogP contribution in [0.3, 0.4) is 0 Å². The van der Waals surface area contributed by atoms with E-state index in [0.29, 0.717) is 9.50 Å². The second-order valence-electron chi connectivity index (χ2n) is 4.93. The number of carbonyl (C=O) groups is 2. The topological polar surface area (TPSA) is 92.4 Å². The third kappa shape index (κ3) is 4.71. The molecule has 2 aromatic carbocycles. The number of benzene rings is 2. The van der Waals surface area contributed by atoms with Gasteiger partial charge in [-0.25, -0.2) is 4.79 Å². The summed E-state index contributed by atoms with van der Waals surface area (Å²) in [6.07, 6.45) is 0.145. The first-order valence-electron chi connectivity index (χ1n) is 6.70. The van der Waals surface area contributed by atoms with Crippen LogP contribution in [0.1, 0.15) is 15.9 Å². The summed E-state index contributed by atoms with van der Waals surface area (Å²) in [6.45, 7) is 0. The molecule has 0 radical (unpaired) electrons. The molecular formula is C16H14BrClN2O3. The third-order valence-corrected chi connectivity index (χ3v) is 3.96. The van der Waals surface area contributed by atoms with Gasteiger partial charge in [0.05, 0.1) is 5.56 Å². The van der Waals surface area contributed by atoms with Crippen LogP contribution >= 0.6 is 27.5 Å². The van der Waals surface area contributed by atoms with E-state index in [2.05, 4.69) is 21.2 Å². The lowest BCUT2D eigenvalue weighted by molar-refractivity contribution is -0.139. The first-order chi connectivity index (χ1) is 10.9. The summed E-state index contributed by atoms with van der Waals surface area (Å²) < 4.78 is 0.682. The molecule has 1 atom stereocenters. The van der Waals surface area contributed by atoms with E-state index in [-0.39, 0.29) is 17.7 Å². The summed E-state index contributed by atoms with van der Waals surface area (Å²) >= 11 is 9.06. The van der Waals surface area contributed by atoms with Gasteiger partial charge in [0.1, 0.15) is 6.04 Å². The van der Waals surface area contributed by atoms with Crippen LogP contribution in [0, 0.1) is 0 Å². The Morgan fingerprint density at radius 3 is 2.48 bits per heavy atom. The molecule has 0 saturated carbocycles. The van der Waals surface area contributed by atoms with E-state index < -0.39 is 17.9 Å². The van der Waals surface area contributed by atoms with E-state index in [0.717, 1.165) is 5.56 Å². The summed E-state index contributed by atoms with van der Waals surface area (Å²) in [6, 6.07) is 10.5. The van der Waals surface area contributed by atoms with Crippen LogP contribution in [-0.2, 0) is 11.2 Å². The minimum absolute atomic E-state index is 0.145. The molecule has 0 aliphatic rings. The van der Waals surface area contributed by atoms with E-state index in [1.54, 1.807) is 42.5 Å². The SMILES string of the molecule is Nc1ccc(Br)cc1C(=O)N[C@@H](Cc1ccc(Cl)cc1)C(=O)O. The molecule has 0 aromatic heterocycles. The van der Waals surface area contributed by atoms with Crippen LogP contribution in [0.2, 0.25) is 5.02 Å². The molecule has 5 nitrogen and oxygen atoms in total. The van der Waals surface area contributed by atoms with Gasteiger partial charge in [-0.15, -0.1) is 0 Å². The fraction of sp³-hybridized carbons (Fsp3) is 0.125. The van der Waals surface area contributed by atoms with Crippen molar-refractivity contribution in [2.75, 3.05) is 5.73 Å². The van der Waals surface area contributed by atoms with Crippen LogP contribution in [0.4, 0.5) is 5.69 Å². The highest BCUT2D eigenvalue weighted by Crippen LogP contribution is 2.19. The maximum Gasteiger partial charge on any atom is 0.326 e. The second kappa shape index (κ2) is 7.48. The summed E-state index contributed by atoms with van der Waals surface area (Å²) in [5.41, 5.74) is 7.02. The van der Waals surface area contributed by atoms with Gasteiger partial charge in [0, 0.05) is 21.6 Å². The van der Waals surface area contributed by atoms with E-state index >= 15 is 0 Å². The lowest BCUT2D eigenvalue weighted by Gasteiger charge is -2.15. The van der Waals surface area contributed by atoms with Crippen molar-refractivity contribution in [3.05, 3.63) is 63.1 Å². The number of aliphatic carboxylic acids is 1. The summed E-state index contributed by atoms with van der Waals surface area (Å²) in [5, 5.41) is 12.4. The van der Waals surface area contributed by atoms with Crippen molar-refractivity contribution in [2.45, 2.75) is 12.5 Å². The Balaban J connectivity index is 2.15. The highest BCUT2D eigenvalue weighted by atomic mass is 79.9. The molecule has 1 amide bonds. The van der Waals surface area contributed by atoms with Crippen molar-refractivity contribution in [1.29, 1.82) is 0 Å². The number of nitrogens with two attached hydrogens (primary N) is 1. The van der Waals surface area contributed by atoms with E-state index in [9.17, 15) is 14.7 Å². The largest absolute Gasteiger partial charge is 0.480 e. The molecule has 2 rings (SSSR count). The molecule has 0 bridgehead atoms. The lowest BCUT2D eigenvalue weighted by Crippen LogP contribution is -2.42.